The molecule has 1 saturated carbocycles. The van der Waals surface area contributed by atoms with Gasteiger partial charge in [-0.2, -0.15) is 11.8 Å². The molecule has 0 heterocycles. The summed E-state index contributed by atoms with van der Waals surface area (Å²) in [7, 11) is -3.79. The van der Waals surface area contributed by atoms with Crippen molar-refractivity contribution in [1.29, 1.82) is 0 Å². The lowest BCUT2D eigenvalue weighted by molar-refractivity contribution is 0.252. The lowest BCUT2D eigenvalue weighted by Crippen LogP contribution is -2.31. The van der Waals surface area contributed by atoms with E-state index in [-0.39, 0.29) is 10.9 Å². The van der Waals surface area contributed by atoms with Gasteiger partial charge in [0.1, 0.15) is 0 Å². The first-order valence-electron chi connectivity index (χ1n) is 8.16. The molecule has 134 valence electrons. The molecule has 1 aromatic rings. The molecular weight excluding hydrogens is 346 g/mol. The Morgan fingerprint density at radius 1 is 1.29 bits per heavy atom. The van der Waals surface area contributed by atoms with Crippen molar-refractivity contribution in [3.63, 3.8) is 0 Å². The number of carbonyl (C=O) groups excluding carboxylic acids is 1. The van der Waals surface area contributed by atoms with Crippen molar-refractivity contribution < 1.29 is 13.2 Å². The second-order valence-corrected chi connectivity index (χ2v) is 9.00. The number of aryl methyl sites for hydroxylation is 1. The zero-order valence-corrected chi connectivity index (χ0v) is 15.5. The Labute approximate surface area is 148 Å². The van der Waals surface area contributed by atoms with Gasteiger partial charge < -0.3 is 10.6 Å². The number of anilines is 1. The minimum Gasteiger partial charge on any atom is -0.337 e. The maximum atomic E-state index is 12.0. The summed E-state index contributed by atoms with van der Waals surface area (Å²) in [5.74, 6) is 0.883. The summed E-state index contributed by atoms with van der Waals surface area (Å²) in [6.07, 6.45) is 6.51. The van der Waals surface area contributed by atoms with Crippen LogP contribution in [0.5, 0.6) is 0 Å². The van der Waals surface area contributed by atoms with Crippen molar-refractivity contribution in [2.45, 2.75) is 49.2 Å². The molecule has 0 radical (unpaired) electrons. The fraction of sp³-hybridized carbons (Fsp3) is 0.562. The summed E-state index contributed by atoms with van der Waals surface area (Å²) in [4.78, 5) is 11.9. The Hall–Kier alpha value is -1.25. The lowest BCUT2D eigenvalue weighted by atomic mass is 10.0. The molecule has 8 heteroatoms. The van der Waals surface area contributed by atoms with Crippen molar-refractivity contribution in [3.05, 3.63) is 23.8 Å². The second kappa shape index (κ2) is 8.73. The van der Waals surface area contributed by atoms with Crippen LogP contribution in [0.15, 0.2) is 23.1 Å². The van der Waals surface area contributed by atoms with Gasteiger partial charge in [0.25, 0.3) is 0 Å². The van der Waals surface area contributed by atoms with Gasteiger partial charge in [-0.15, -0.1) is 0 Å². The molecule has 0 unspecified atom stereocenters. The van der Waals surface area contributed by atoms with Crippen molar-refractivity contribution in [2.24, 2.45) is 5.14 Å². The molecule has 6 nitrogen and oxygen atoms in total. The monoisotopic (exact) mass is 371 g/mol. The standard InChI is InChI=1S/C16H25N3O3S2/c1-12-7-8-14(24(17,21)22)11-15(12)19-16(20)18-9-10-23-13-5-3-2-4-6-13/h7-8,11,13H,2-6,9-10H2,1H3,(H2,17,21,22)(H2,18,19,20). The highest BCUT2D eigenvalue weighted by molar-refractivity contribution is 7.99. The molecule has 2 rings (SSSR count). The first-order chi connectivity index (χ1) is 11.4. The highest BCUT2D eigenvalue weighted by atomic mass is 32.2. The van der Waals surface area contributed by atoms with E-state index >= 15 is 0 Å². The second-order valence-electron chi connectivity index (χ2n) is 6.03. The summed E-state index contributed by atoms with van der Waals surface area (Å²) >= 11 is 1.92. The Kier molecular flexibility index (Phi) is 6.94. The largest absolute Gasteiger partial charge is 0.337 e. The molecule has 1 aromatic carbocycles. The number of rotatable bonds is 6. The number of amides is 2. The van der Waals surface area contributed by atoms with Crippen LogP contribution in [0.25, 0.3) is 0 Å². The maximum absolute atomic E-state index is 12.0. The predicted octanol–water partition coefficient (Wildman–Crippen LogP) is 2.83. The minimum absolute atomic E-state index is 0.0174. The molecule has 4 N–H and O–H groups in total. The number of hydrogen-bond donors (Lipinski definition) is 3. The predicted molar refractivity (Wildman–Crippen MR) is 98.9 cm³/mol. The van der Waals surface area contributed by atoms with Crippen LogP contribution in [-0.2, 0) is 10.0 Å². The zero-order chi connectivity index (χ0) is 17.6. The number of urea groups is 1. The molecule has 0 bridgehead atoms. The smallest absolute Gasteiger partial charge is 0.319 e. The van der Waals surface area contributed by atoms with E-state index in [4.69, 9.17) is 5.14 Å². The van der Waals surface area contributed by atoms with Gasteiger partial charge in [-0.05, 0) is 37.5 Å². The normalized spacial score (nSPS) is 15.9. The van der Waals surface area contributed by atoms with Crippen LogP contribution >= 0.6 is 11.8 Å². The number of hydrogen-bond acceptors (Lipinski definition) is 4. The SMILES string of the molecule is Cc1ccc(S(N)(=O)=O)cc1NC(=O)NCCSC1CCCCC1. The third-order valence-corrected chi connectivity index (χ3v) is 6.37. The number of nitrogens with two attached hydrogens (primary N) is 1. The van der Waals surface area contributed by atoms with E-state index in [1.54, 1.807) is 13.0 Å². The van der Waals surface area contributed by atoms with Gasteiger partial charge in [-0.25, -0.2) is 18.4 Å². The van der Waals surface area contributed by atoms with Crippen molar-refractivity contribution in [1.82, 2.24) is 5.32 Å². The average Bonchev–Trinajstić information content (AvgIpc) is 2.53. The van der Waals surface area contributed by atoms with Crippen LogP contribution in [-0.4, -0.2) is 32.0 Å². The van der Waals surface area contributed by atoms with E-state index in [1.807, 2.05) is 11.8 Å². The van der Waals surface area contributed by atoms with Crippen LogP contribution in [0.4, 0.5) is 10.5 Å². The highest BCUT2D eigenvalue weighted by Gasteiger charge is 2.14. The first kappa shape index (κ1) is 19.1. The molecule has 1 aliphatic rings. The van der Waals surface area contributed by atoms with Gasteiger partial charge >= 0.3 is 6.03 Å². The van der Waals surface area contributed by atoms with Crippen LogP contribution in [0.3, 0.4) is 0 Å². The van der Waals surface area contributed by atoms with Crippen molar-refractivity contribution in [3.8, 4) is 0 Å². The Bertz CT molecular complexity index is 671. The molecular formula is C16H25N3O3S2. The summed E-state index contributed by atoms with van der Waals surface area (Å²) in [5, 5.41) is 11.3. The third-order valence-electron chi connectivity index (χ3n) is 4.08. The summed E-state index contributed by atoms with van der Waals surface area (Å²) in [6, 6.07) is 4.08. The molecule has 1 fully saturated rings. The number of sulfonamides is 1. The van der Waals surface area contributed by atoms with Gasteiger partial charge in [0.05, 0.1) is 4.90 Å². The molecule has 0 spiro atoms. The first-order valence-corrected chi connectivity index (χ1v) is 10.8. The van der Waals surface area contributed by atoms with E-state index < -0.39 is 10.0 Å². The van der Waals surface area contributed by atoms with Crippen LogP contribution < -0.4 is 15.8 Å². The summed E-state index contributed by atoms with van der Waals surface area (Å²) < 4.78 is 22.8. The molecule has 2 amide bonds. The number of carbonyl (C=O) groups is 1. The van der Waals surface area contributed by atoms with E-state index in [0.29, 0.717) is 12.2 Å². The van der Waals surface area contributed by atoms with Crippen molar-refractivity contribution >= 4 is 33.5 Å². The van der Waals surface area contributed by atoms with Crippen LogP contribution in [0, 0.1) is 6.92 Å². The van der Waals surface area contributed by atoms with E-state index in [1.165, 1.54) is 44.2 Å². The topological polar surface area (TPSA) is 101 Å². The zero-order valence-electron chi connectivity index (χ0n) is 13.9. The van der Waals surface area contributed by atoms with Crippen molar-refractivity contribution in [2.75, 3.05) is 17.6 Å². The summed E-state index contributed by atoms with van der Waals surface area (Å²) in [6.45, 7) is 2.38. The quantitative estimate of drug-likeness (QED) is 0.669. The molecule has 0 saturated heterocycles. The number of primary sulfonamides is 1. The third kappa shape index (κ3) is 5.99. The van der Waals surface area contributed by atoms with E-state index in [2.05, 4.69) is 10.6 Å². The lowest BCUT2D eigenvalue weighted by Gasteiger charge is -2.20. The van der Waals surface area contributed by atoms with Gasteiger partial charge in [0, 0.05) is 23.2 Å². The number of nitrogens with one attached hydrogen (secondary N) is 2. The van der Waals surface area contributed by atoms with Gasteiger partial charge in [0.2, 0.25) is 10.0 Å². The number of thioether (sulfide) groups is 1. The minimum atomic E-state index is -3.79. The van der Waals surface area contributed by atoms with E-state index in [9.17, 15) is 13.2 Å². The maximum Gasteiger partial charge on any atom is 0.319 e. The van der Waals surface area contributed by atoms with Gasteiger partial charge in [0.15, 0.2) is 0 Å². The Morgan fingerprint density at radius 2 is 2.00 bits per heavy atom. The molecule has 0 aromatic heterocycles. The highest BCUT2D eigenvalue weighted by Crippen LogP contribution is 2.27. The summed E-state index contributed by atoms with van der Waals surface area (Å²) in [5.41, 5.74) is 1.22. The Morgan fingerprint density at radius 3 is 2.67 bits per heavy atom. The van der Waals surface area contributed by atoms with Gasteiger partial charge in [-0.1, -0.05) is 25.3 Å². The number of benzene rings is 1. The van der Waals surface area contributed by atoms with Crippen LogP contribution in [0.2, 0.25) is 0 Å². The molecule has 24 heavy (non-hydrogen) atoms. The average molecular weight is 372 g/mol. The fourth-order valence-electron chi connectivity index (χ4n) is 2.70. The van der Waals surface area contributed by atoms with Crippen LogP contribution in [0.1, 0.15) is 37.7 Å². The fourth-order valence-corrected chi connectivity index (χ4v) is 4.46. The molecule has 0 aliphatic heterocycles. The van der Waals surface area contributed by atoms with Gasteiger partial charge in [-0.3, -0.25) is 0 Å². The van der Waals surface area contributed by atoms with E-state index in [0.717, 1.165) is 16.6 Å². The Balaban J connectivity index is 1.79. The molecule has 0 atom stereocenters. The molecule has 1 aliphatic carbocycles.